The third-order valence-corrected chi connectivity index (χ3v) is 6.18. The molecule has 146 valence electrons. The Morgan fingerprint density at radius 2 is 1.92 bits per heavy atom. The molecule has 1 aromatic rings. The summed E-state index contributed by atoms with van der Waals surface area (Å²) in [6, 6.07) is 5.43. The SMILES string of the molecule is CN(C1CCN(C(=O)OC(C)(C)C)CC1)S(=O)(=O)Cc1cccc(F)c1. The summed E-state index contributed by atoms with van der Waals surface area (Å²) in [4.78, 5) is 13.7. The Morgan fingerprint density at radius 3 is 2.46 bits per heavy atom. The van der Waals surface area contributed by atoms with Gasteiger partial charge in [-0.05, 0) is 51.3 Å². The molecule has 0 radical (unpaired) electrons. The zero-order valence-electron chi connectivity index (χ0n) is 15.7. The number of hydrogen-bond donors (Lipinski definition) is 0. The fraction of sp³-hybridized carbons (Fsp3) is 0.611. The molecule has 0 N–H and O–H groups in total. The van der Waals surface area contributed by atoms with Crippen LogP contribution in [0.15, 0.2) is 24.3 Å². The molecule has 0 bridgehead atoms. The molecule has 0 unspecified atom stereocenters. The Labute approximate surface area is 155 Å². The summed E-state index contributed by atoms with van der Waals surface area (Å²) in [5.74, 6) is -0.695. The van der Waals surface area contributed by atoms with Gasteiger partial charge in [0.2, 0.25) is 10.0 Å². The first-order chi connectivity index (χ1) is 12.0. The van der Waals surface area contributed by atoms with Gasteiger partial charge in [0.25, 0.3) is 0 Å². The third-order valence-electron chi connectivity index (χ3n) is 4.31. The fourth-order valence-electron chi connectivity index (χ4n) is 2.90. The Bertz CT molecular complexity index is 738. The highest BCUT2D eigenvalue weighted by Crippen LogP contribution is 2.22. The molecule has 1 heterocycles. The van der Waals surface area contributed by atoms with Crippen molar-refractivity contribution < 1.29 is 22.3 Å². The van der Waals surface area contributed by atoms with Gasteiger partial charge < -0.3 is 9.64 Å². The monoisotopic (exact) mass is 386 g/mol. The van der Waals surface area contributed by atoms with Crippen molar-refractivity contribution in [2.24, 2.45) is 0 Å². The van der Waals surface area contributed by atoms with Gasteiger partial charge >= 0.3 is 6.09 Å². The minimum absolute atomic E-state index is 0.188. The number of halogens is 1. The molecule has 1 aliphatic heterocycles. The zero-order chi connectivity index (χ0) is 19.5. The fourth-order valence-corrected chi connectivity index (χ4v) is 4.37. The van der Waals surface area contributed by atoms with E-state index in [-0.39, 0.29) is 17.9 Å². The smallest absolute Gasteiger partial charge is 0.410 e. The van der Waals surface area contributed by atoms with Gasteiger partial charge in [-0.15, -0.1) is 0 Å². The average molecular weight is 386 g/mol. The molecule has 1 amide bonds. The molecule has 0 spiro atoms. The normalized spacial score (nSPS) is 16.8. The Kier molecular flexibility index (Phi) is 6.29. The first kappa shape index (κ1) is 20.6. The lowest BCUT2D eigenvalue weighted by Gasteiger charge is -2.36. The standard InChI is InChI=1S/C18H27FN2O4S/c1-18(2,3)25-17(22)21-10-8-16(9-11-21)20(4)26(23,24)13-14-6-5-7-15(19)12-14/h5-7,12,16H,8-11,13H2,1-4H3. The van der Waals surface area contributed by atoms with Crippen molar-refractivity contribution in [2.45, 2.75) is 51.0 Å². The molecule has 1 saturated heterocycles. The van der Waals surface area contributed by atoms with Crippen LogP contribution in [-0.2, 0) is 20.5 Å². The number of benzene rings is 1. The molecule has 2 rings (SSSR count). The molecule has 1 aromatic carbocycles. The number of sulfonamides is 1. The van der Waals surface area contributed by atoms with Crippen LogP contribution < -0.4 is 0 Å². The Balaban J connectivity index is 1.94. The summed E-state index contributed by atoms with van der Waals surface area (Å²) in [5, 5.41) is 0. The summed E-state index contributed by atoms with van der Waals surface area (Å²) in [6.07, 6.45) is 0.706. The van der Waals surface area contributed by atoms with Crippen LogP contribution >= 0.6 is 0 Å². The van der Waals surface area contributed by atoms with Gasteiger partial charge in [0.15, 0.2) is 0 Å². The minimum Gasteiger partial charge on any atom is -0.444 e. The summed E-state index contributed by atoms with van der Waals surface area (Å²) in [7, 11) is -2.02. The predicted molar refractivity (Wildman–Crippen MR) is 97.6 cm³/mol. The topological polar surface area (TPSA) is 66.9 Å². The molecular formula is C18H27FN2O4S. The van der Waals surface area contributed by atoms with Crippen LogP contribution in [0.25, 0.3) is 0 Å². The first-order valence-electron chi connectivity index (χ1n) is 8.66. The molecule has 0 saturated carbocycles. The van der Waals surface area contributed by atoms with Gasteiger partial charge in [0.05, 0.1) is 5.75 Å². The molecule has 1 aliphatic rings. The van der Waals surface area contributed by atoms with Crippen molar-refractivity contribution in [3.05, 3.63) is 35.6 Å². The van der Waals surface area contributed by atoms with E-state index in [1.54, 1.807) is 18.0 Å². The van der Waals surface area contributed by atoms with Gasteiger partial charge in [-0.1, -0.05) is 12.1 Å². The second kappa shape index (κ2) is 7.92. The Hall–Kier alpha value is -1.67. The number of nitrogens with zero attached hydrogens (tertiary/aromatic N) is 2. The maximum absolute atomic E-state index is 13.3. The lowest BCUT2D eigenvalue weighted by atomic mass is 10.1. The van der Waals surface area contributed by atoms with E-state index in [0.717, 1.165) is 0 Å². The molecule has 6 nitrogen and oxygen atoms in total. The second-order valence-corrected chi connectivity index (χ2v) is 9.63. The van der Waals surface area contributed by atoms with Crippen LogP contribution in [0.3, 0.4) is 0 Å². The van der Waals surface area contributed by atoms with Gasteiger partial charge in [0.1, 0.15) is 11.4 Å². The van der Waals surface area contributed by atoms with Crippen LogP contribution in [0.2, 0.25) is 0 Å². The lowest BCUT2D eigenvalue weighted by Crippen LogP contribution is -2.48. The van der Waals surface area contributed by atoms with Crippen molar-refractivity contribution in [1.29, 1.82) is 0 Å². The van der Waals surface area contributed by atoms with Crippen LogP contribution in [0, 0.1) is 5.82 Å². The van der Waals surface area contributed by atoms with E-state index in [9.17, 15) is 17.6 Å². The number of amides is 1. The third kappa shape index (κ3) is 5.67. The van der Waals surface area contributed by atoms with Crippen molar-refractivity contribution in [2.75, 3.05) is 20.1 Å². The maximum Gasteiger partial charge on any atom is 0.410 e. The van der Waals surface area contributed by atoms with Crippen molar-refractivity contribution in [3.8, 4) is 0 Å². The van der Waals surface area contributed by atoms with E-state index in [1.165, 1.54) is 22.5 Å². The van der Waals surface area contributed by atoms with Gasteiger partial charge in [-0.2, -0.15) is 0 Å². The number of ether oxygens (including phenoxy) is 1. The number of carbonyl (C=O) groups is 1. The number of hydrogen-bond acceptors (Lipinski definition) is 4. The van der Waals surface area contributed by atoms with Crippen LogP contribution in [-0.4, -0.2) is 55.5 Å². The van der Waals surface area contributed by atoms with E-state index in [1.807, 2.05) is 20.8 Å². The predicted octanol–water partition coefficient (Wildman–Crippen LogP) is 2.99. The molecule has 1 fully saturated rings. The van der Waals surface area contributed by atoms with E-state index >= 15 is 0 Å². The van der Waals surface area contributed by atoms with E-state index in [4.69, 9.17) is 4.74 Å². The number of rotatable bonds is 4. The summed E-state index contributed by atoms with van der Waals surface area (Å²) < 4.78 is 45.2. The quantitative estimate of drug-likeness (QED) is 0.798. The van der Waals surface area contributed by atoms with Crippen molar-refractivity contribution in [3.63, 3.8) is 0 Å². The molecule has 8 heteroatoms. The van der Waals surface area contributed by atoms with Gasteiger partial charge in [-0.3, -0.25) is 0 Å². The van der Waals surface area contributed by atoms with Crippen molar-refractivity contribution in [1.82, 2.24) is 9.21 Å². The van der Waals surface area contributed by atoms with Crippen LogP contribution in [0.5, 0.6) is 0 Å². The highest BCUT2D eigenvalue weighted by Gasteiger charge is 2.32. The molecular weight excluding hydrogens is 359 g/mol. The molecule has 26 heavy (non-hydrogen) atoms. The lowest BCUT2D eigenvalue weighted by molar-refractivity contribution is 0.0183. The summed E-state index contributed by atoms with van der Waals surface area (Å²) in [6.45, 7) is 6.32. The molecule has 0 aliphatic carbocycles. The van der Waals surface area contributed by atoms with E-state index < -0.39 is 21.4 Å². The molecule has 0 atom stereocenters. The van der Waals surface area contributed by atoms with E-state index in [0.29, 0.717) is 31.5 Å². The molecule has 0 aromatic heterocycles. The van der Waals surface area contributed by atoms with Crippen LogP contribution in [0.4, 0.5) is 9.18 Å². The first-order valence-corrected chi connectivity index (χ1v) is 10.3. The highest BCUT2D eigenvalue weighted by atomic mass is 32.2. The largest absolute Gasteiger partial charge is 0.444 e. The van der Waals surface area contributed by atoms with Crippen LogP contribution in [0.1, 0.15) is 39.2 Å². The van der Waals surface area contributed by atoms with Crippen molar-refractivity contribution >= 4 is 16.1 Å². The average Bonchev–Trinajstić information content (AvgIpc) is 2.52. The number of likely N-dealkylation sites (tertiary alicyclic amines) is 1. The number of piperidine rings is 1. The second-order valence-electron chi connectivity index (χ2n) is 7.60. The maximum atomic E-state index is 13.3. The Morgan fingerprint density at radius 1 is 1.31 bits per heavy atom. The van der Waals surface area contributed by atoms with Gasteiger partial charge in [0, 0.05) is 26.2 Å². The summed E-state index contributed by atoms with van der Waals surface area (Å²) >= 11 is 0. The minimum atomic E-state index is -3.56. The van der Waals surface area contributed by atoms with E-state index in [2.05, 4.69) is 0 Å². The number of carbonyl (C=O) groups excluding carboxylic acids is 1. The zero-order valence-corrected chi connectivity index (χ0v) is 16.6. The highest BCUT2D eigenvalue weighted by molar-refractivity contribution is 7.88. The van der Waals surface area contributed by atoms with Gasteiger partial charge in [-0.25, -0.2) is 21.9 Å². The summed E-state index contributed by atoms with van der Waals surface area (Å²) in [5.41, 5.74) is -0.137.